The zero-order valence-corrected chi connectivity index (χ0v) is 31.7. The second kappa shape index (κ2) is 11.7. The summed E-state index contributed by atoms with van der Waals surface area (Å²) in [7, 11) is 0. The number of aromatic nitrogens is 3. The van der Waals surface area contributed by atoms with Crippen LogP contribution in [0.25, 0.3) is 72.0 Å². The summed E-state index contributed by atoms with van der Waals surface area (Å²) in [5, 5.41) is 4.86. The molecule has 0 amide bonds. The molecule has 8 aromatic carbocycles. The lowest BCUT2D eigenvalue weighted by Gasteiger charge is -2.33. The summed E-state index contributed by atoms with van der Waals surface area (Å²) >= 11 is 0. The van der Waals surface area contributed by atoms with Crippen molar-refractivity contribution in [1.82, 2.24) is 14.5 Å². The van der Waals surface area contributed by atoms with Crippen LogP contribution >= 0.6 is 0 Å². The predicted octanol–water partition coefficient (Wildman–Crippen LogP) is 13.1. The number of rotatable bonds is 4. The summed E-state index contributed by atoms with van der Waals surface area (Å²) in [4.78, 5) is 11.5. The average Bonchev–Trinajstić information content (AvgIpc) is 3.84. The van der Waals surface area contributed by atoms with Gasteiger partial charge in [-0.1, -0.05) is 184 Å². The van der Waals surface area contributed by atoms with E-state index in [-0.39, 0.29) is 5.41 Å². The molecule has 0 spiro atoms. The van der Waals surface area contributed by atoms with Gasteiger partial charge >= 0.3 is 0 Å². The van der Waals surface area contributed by atoms with Crippen LogP contribution in [-0.2, 0) is 10.8 Å². The Morgan fingerprint density at radius 2 is 0.982 bits per heavy atom. The highest BCUT2D eigenvalue weighted by Crippen LogP contribution is 2.59. The molecule has 0 fully saturated rings. The lowest BCUT2D eigenvalue weighted by molar-refractivity contribution is 0.635. The van der Waals surface area contributed by atoms with E-state index in [1.165, 1.54) is 66.1 Å². The van der Waals surface area contributed by atoms with Crippen LogP contribution in [0.2, 0.25) is 0 Å². The van der Waals surface area contributed by atoms with Gasteiger partial charge in [-0.15, -0.1) is 0 Å². The largest absolute Gasteiger partial charge is 0.293 e. The maximum Gasteiger partial charge on any atom is 0.162 e. The molecule has 12 rings (SSSR count). The van der Waals surface area contributed by atoms with Gasteiger partial charge < -0.3 is 0 Å². The fraction of sp³-hybridized carbons (Fsp3) is 0.0741. The van der Waals surface area contributed by atoms with Crippen molar-refractivity contribution in [2.45, 2.75) is 24.7 Å². The number of para-hydroxylation sites is 1. The third-order valence-corrected chi connectivity index (χ3v) is 12.8. The zero-order valence-electron chi connectivity index (χ0n) is 31.7. The van der Waals surface area contributed by atoms with Gasteiger partial charge in [0.25, 0.3) is 0 Å². The molecule has 57 heavy (non-hydrogen) atoms. The summed E-state index contributed by atoms with van der Waals surface area (Å²) in [6.45, 7) is 4.64. The van der Waals surface area contributed by atoms with Crippen molar-refractivity contribution in [3.63, 3.8) is 0 Å². The van der Waals surface area contributed by atoms with Gasteiger partial charge in [-0.25, -0.2) is 9.97 Å². The normalized spacial score (nSPS) is 14.4. The van der Waals surface area contributed by atoms with E-state index < -0.39 is 5.41 Å². The van der Waals surface area contributed by atoms with Crippen LogP contribution in [0.3, 0.4) is 0 Å². The molecule has 0 bridgehead atoms. The molecule has 10 aromatic rings. The molecule has 0 aliphatic heterocycles. The summed E-state index contributed by atoms with van der Waals surface area (Å²) in [6.07, 6.45) is 0. The van der Waals surface area contributed by atoms with Crippen molar-refractivity contribution < 1.29 is 0 Å². The molecule has 0 radical (unpaired) electrons. The van der Waals surface area contributed by atoms with Gasteiger partial charge in [0.2, 0.25) is 0 Å². The molecule has 0 unspecified atom stereocenters. The van der Waals surface area contributed by atoms with Gasteiger partial charge in [0.1, 0.15) is 5.82 Å². The second-order valence-electron chi connectivity index (χ2n) is 16.1. The first kappa shape index (κ1) is 32.2. The first-order valence-electron chi connectivity index (χ1n) is 19.8. The first-order valence-corrected chi connectivity index (χ1v) is 19.8. The Balaban J connectivity index is 1.22. The summed E-state index contributed by atoms with van der Waals surface area (Å²) < 4.78 is 2.41. The number of hydrogen-bond donors (Lipinski definition) is 0. The van der Waals surface area contributed by atoms with Gasteiger partial charge in [0.15, 0.2) is 5.82 Å². The van der Waals surface area contributed by atoms with Crippen LogP contribution in [0.1, 0.15) is 47.4 Å². The van der Waals surface area contributed by atoms with Crippen LogP contribution in [0, 0.1) is 0 Å². The van der Waals surface area contributed by atoms with Crippen molar-refractivity contribution in [2.75, 3.05) is 0 Å². The van der Waals surface area contributed by atoms with E-state index in [2.05, 4.69) is 206 Å². The van der Waals surface area contributed by atoms with Crippen LogP contribution in [-0.4, -0.2) is 14.5 Å². The fourth-order valence-electron chi connectivity index (χ4n) is 10.4. The van der Waals surface area contributed by atoms with Gasteiger partial charge in [0.05, 0.1) is 22.1 Å². The van der Waals surface area contributed by atoms with Crippen LogP contribution in [0.4, 0.5) is 0 Å². The zero-order chi connectivity index (χ0) is 37.9. The van der Waals surface area contributed by atoms with Gasteiger partial charge in [-0.3, -0.25) is 4.57 Å². The number of fused-ring (bicyclic) bond motifs is 10. The minimum atomic E-state index is -0.520. The maximum atomic E-state index is 5.80. The highest BCUT2D eigenvalue weighted by Gasteiger charge is 2.47. The highest BCUT2D eigenvalue weighted by molar-refractivity contribution is 6.14. The summed E-state index contributed by atoms with van der Waals surface area (Å²) in [5.41, 5.74) is 14.5. The van der Waals surface area contributed by atoms with Crippen LogP contribution in [0.5, 0.6) is 0 Å². The van der Waals surface area contributed by atoms with E-state index in [9.17, 15) is 0 Å². The van der Waals surface area contributed by atoms with E-state index in [1.54, 1.807) is 0 Å². The average molecular weight is 728 g/mol. The Labute approximate surface area is 331 Å². The SMILES string of the molecule is CC1(C)c2ccccc2-c2c(-n3c4ccccc4c4cc5ccccc5cc43)nc(-c3cccc4c3-c3ccccc3C4(c3ccccc3)c3ccccc3)nc21. The topological polar surface area (TPSA) is 30.7 Å². The number of nitrogens with zero attached hydrogens (tertiary/aromatic N) is 3. The lowest BCUT2D eigenvalue weighted by Crippen LogP contribution is -2.28. The number of benzene rings is 8. The third-order valence-electron chi connectivity index (χ3n) is 12.8. The van der Waals surface area contributed by atoms with Gasteiger partial charge in [0, 0.05) is 27.3 Å². The third kappa shape index (κ3) is 4.26. The maximum absolute atomic E-state index is 5.80. The molecular formula is C54H37N3. The molecule has 0 N–H and O–H groups in total. The first-order chi connectivity index (χ1) is 28.0. The molecule has 3 nitrogen and oxygen atoms in total. The van der Waals surface area contributed by atoms with Crippen molar-refractivity contribution in [2.24, 2.45) is 0 Å². The van der Waals surface area contributed by atoms with Crippen molar-refractivity contribution in [1.29, 1.82) is 0 Å². The standard InChI is InChI=1S/C54H37N3/c1-53(2)43-28-14-11-25-39(43)49-50(53)55-51(56-52(49)57-46-31-16-13-24-38(46)42-32-34-18-9-10-19-35(34)33-47(42)57)41-27-17-30-45-48(41)40-26-12-15-29-44(40)54(45,36-20-5-3-6-21-36)37-22-7-4-8-23-37/h3-33H,1-2H3. The molecule has 2 heterocycles. The molecule has 0 atom stereocenters. The van der Waals surface area contributed by atoms with Crippen molar-refractivity contribution in [3.8, 4) is 39.5 Å². The van der Waals surface area contributed by atoms with E-state index in [0.717, 1.165) is 39.5 Å². The Hall–Kier alpha value is -7.10. The fourth-order valence-corrected chi connectivity index (χ4v) is 10.4. The Kier molecular flexibility index (Phi) is 6.61. The molecule has 268 valence electrons. The quantitative estimate of drug-likeness (QED) is 0.181. The smallest absolute Gasteiger partial charge is 0.162 e. The van der Waals surface area contributed by atoms with Crippen LogP contribution in [0.15, 0.2) is 188 Å². The number of hydrogen-bond acceptors (Lipinski definition) is 2. The molecule has 3 heteroatoms. The summed E-state index contributed by atoms with van der Waals surface area (Å²) in [5.74, 6) is 1.65. The molecule has 2 aliphatic carbocycles. The van der Waals surface area contributed by atoms with E-state index in [0.29, 0.717) is 0 Å². The molecular weight excluding hydrogens is 691 g/mol. The lowest BCUT2D eigenvalue weighted by atomic mass is 9.67. The molecule has 0 saturated carbocycles. The monoisotopic (exact) mass is 727 g/mol. The van der Waals surface area contributed by atoms with Crippen molar-refractivity contribution >= 4 is 32.6 Å². The van der Waals surface area contributed by atoms with E-state index >= 15 is 0 Å². The molecule has 2 aliphatic rings. The summed E-state index contributed by atoms with van der Waals surface area (Å²) in [6, 6.07) is 68.7. The predicted molar refractivity (Wildman–Crippen MR) is 234 cm³/mol. The van der Waals surface area contributed by atoms with E-state index in [1.807, 2.05) is 0 Å². The Morgan fingerprint density at radius 1 is 0.421 bits per heavy atom. The second-order valence-corrected chi connectivity index (χ2v) is 16.1. The Bertz CT molecular complexity index is 3220. The Morgan fingerprint density at radius 3 is 1.72 bits per heavy atom. The van der Waals surface area contributed by atoms with Gasteiger partial charge in [-0.2, -0.15) is 0 Å². The van der Waals surface area contributed by atoms with E-state index in [4.69, 9.17) is 9.97 Å². The van der Waals surface area contributed by atoms with Gasteiger partial charge in [-0.05, 0) is 73.5 Å². The minimum Gasteiger partial charge on any atom is -0.293 e. The van der Waals surface area contributed by atoms with Crippen molar-refractivity contribution in [3.05, 3.63) is 222 Å². The van der Waals surface area contributed by atoms with Crippen LogP contribution < -0.4 is 0 Å². The highest BCUT2D eigenvalue weighted by atomic mass is 15.1. The minimum absolute atomic E-state index is 0.350. The molecule has 0 saturated heterocycles. The molecule has 2 aromatic heterocycles.